The standard InChI is InChI=1S/C11H14N4OS/c1-11(2,3)9-7-17-10(12-9)5-15-4-8(6-16)13-14-15/h4,6-7H,5H2,1-3H3. The minimum atomic E-state index is 0.0606. The molecular formula is C11H14N4OS. The summed E-state index contributed by atoms with van der Waals surface area (Å²) in [6, 6.07) is 0. The molecule has 0 saturated heterocycles. The summed E-state index contributed by atoms with van der Waals surface area (Å²) in [6.07, 6.45) is 2.30. The Kier molecular flexibility index (Phi) is 3.06. The Hall–Kier alpha value is -1.56. The van der Waals surface area contributed by atoms with Gasteiger partial charge in [0.15, 0.2) is 6.29 Å². The fourth-order valence-electron chi connectivity index (χ4n) is 1.31. The van der Waals surface area contributed by atoms with Gasteiger partial charge in [0.25, 0.3) is 0 Å². The molecule has 17 heavy (non-hydrogen) atoms. The van der Waals surface area contributed by atoms with Gasteiger partial charge >= 0.3 is 0 Å². The fraction of sp³-hybridized carbons (Fsp3) is 0.455. The molecule has 5 nitrogen and oxygen atoms in total. The number of thiazole rings is 1. The maximum Gasteiger partial charge on any atom is 0.171 e. The molecule has 0 radical (unpaired) electrons. The Labute approximate surface area is 103 Å². The molecule has 2 rings (SSSR count). The van der Waals surface area contributed by atoms with Crippen molar-refractivity contribution in [3.8, 4) is 0 Å². The van der Waals surface area contributed by atoms with E-state index >= 15 is 0 Å². The third kappa shape index (κ3) is 2.76. The van der Waals surface area contributed by atoms with E-state index in [1.165, 1.54) is 0 Å². The normalized spacial score (nSPS) is 11.7. The predicted octanol–water partition coefficient (Wildman–Crippen LogP) is 1.89. The van der Waals surface area contributed by atoms with Gasteiger partial charge in [-0.15, -0.1) is 16.4 Å². The molecule has 0 saturated carbocycles. The van der Waals surface area contributed by atoms with Crippen molar-refractivity contribution in [2.45, 2.75) is 32.7 Å². The lowest BCUT2D eigenvalue weighted by molar-refractivity contribution is 0.111. The molecule has 0 atom stereocenters. The molecule has 0 N–H and O–H groups in total. The second kappa shape index (κ2) is 4.37. The van der Waals surface area contributed by atoms with E-state index in [0.717, 1.165) is 10.7 Å². The van der Waals surface area contributed by atoms with E-state index in [9.17, 15) is 4.79 Å². The Morgan fingerprint density at radius 2 is 2.24 bits per heavy atom. The number of hydrogen-bond acceptors (Lipinski definition) is 5. The van der Waals surface area contributed by atoms with Crippen LogP contribution in [0.1, 0.15) is 42.0 Å². The number of aromatic nitrogens is 4. The van der Waals surface area contributed by atoms with Crippen molar-refractivity contribution in [3.63, 3.8) is 0 Å². The third-order valence-electron chi connectivity index (χ3n) is 2.29. The number of aldehydes is 1. The Balaban J connectivity index is 2.14. The monoisotopic (exact) mass is 250 g/mol. The van der Waals surface area contributed by atoms with Crippen molar-refractivity contribution in [1.82, 2.24) is 20.0 Å². The van der Waals surface area contributed by atoms with Gasteiger partial charge in [0, 0.05) is 10.8 Å². The van der Waals surface area contributed by atoms with Gasteiger partial charge in [-0.25, -0.2) is 9.67 Å². The molecule has 6 heteroatoms. The number of carbonyl (C=O) groups is 1. The number of hydrogen-bond donors (Lipinski definition) is 0. The third-order valence-corrected chi connectivity index (χ3v) is 3.13. The van der Waals surface area contributed by atoms with Gasteiger partial charge in [0.1, 0.15) is 10.7 Å². The van der Waals surface area contributed by atoms with Crippen molar-refractivity contribution >= 4 is 17.6 Å². The zero-order chi connectivity index (χ0) is 12.5. The quantitative estimate of drug-likeness (QED) is 0.780. The van der Waals surface area contributed by atoms with Crippen LogP contribution in [0.3, 0.4) is 0 Å². The molecule has 0 amide bonds. The van der Waals surface area contributed by atoms with Gasteiger partial charge < -0.3 is 0 Å². The van der Waals surface area contributed by atoms with Crippen molar-refractivity contribution in [2.75, 3.05) is 0 Å². The van der Waals surface area contributed by atoms with Crippen LogP contribution >= 0.6 is 11.3 Å². The van der Waals surface area contributed by atoms with Crippen LogP contribution in [0.2, 0.25) is 0 Å². The van der Waals surface area contributed by atoms with Crippen molar-refractivity contribution in [3.05, 3.63) is 28.0 Å². The van der Waals surface area contributed by atoms with Crippen LogP contribution in [0.15, 0.2) is 11.6 Å². The molecule has 0 aliphatic rings. The summed E-state index contributed by atoms with van der Waals surface area (Å²) in [5.41, 5.74) is 1.48. The topological polar surface area (TPSA) is 60.7 Å². The zero-order valence-corrected chi connectivity index (χ0v) is 10.9. The molecule has 0 fully saturated rings. The highest BCUT2D eigenvalue weighted by molar-refractivity contribution is 7.09. The van der Waals surface area contributed by atoms with Gasteiger partial charge in [-0.1, -0.05) is 26.0 Å². The van der Waals surface area contributed by atoms with E-state index in [1.807, 2.05) is 0 Å². The van der Waals surface area contributed by atoms with E-state index in [4.69, 9.17) is 0 Å². The SMILES string of the molecule is CC(C)(C)c1csc(Cn2cc(C=O)nn2)n1. The first kappa shape index (κ1) is 11.9. The summed E-state index contributed by atoms with van der Waals surface area (Å²) < 4.78 is 1.62. The zero-order valence-electron chi connectivity index (χ0n) is 10.0. The van der Waals surface area contributed by atoms with Crippen LogP contribution < -0.4 is 0 Å². The highest BCUT2D eigenvalue weighted by Gasteiger charge is 2.17. The molecular weight excluding hydrogens is 236 g/mol. The minimum Gasteiger partial charge on any atom is -0.296 e. The van der Waals surface area contributed by atoms with Gasteiger partial charge in [-0.3, -0.25) is 4.79 Å². The summed E-state index contributed by atoms with van der Waals surface area (Å²) in [6.45, 7) is 6.95. The minimum absolute atomic E-state index is 0.0606. The van der Waals surface area contributed by atoms with E-state index in [1.54, 1.807) is 22.2 Å². The Morgan fingerprint density at radius 1 is 1.47 bits per heavy atom. The van der Waals surface area contributed by atoms with Gasteiger partial charge in [0.2, 0.25) is 0 Å². The number of carbonyl (C=O) groups excluding carboxylic acids is 1. The molecule has 0 aliphatic carbocycles. The van der Waals surface area contributed by atoms with Gasteiger partial charge in [0.05, 0.1) is 18.4 Å². The van der Waals surface area contributed by atoms with Crippen LogP contribution in [0, 0.1) is 0 Å². The van der Waals surface area contributed by atoms with E-state index in [2.05, 4.69) is 41.4 Å². The largest absolute Gasteiger partial charge is 0.296 e. The average Bonchev–Trinajstić information content (AvgIpc) is 2.86. The smallest absolute Gasteiger partial charge is 0.171 e. The predicted molar refractivity (Wildman–Crippen MR) is 65.3 cm³/mol. The second-order valence-corrected chi connectivity index (χ2v) is 5.78. The van der Waals surface area contributed by atoms with Crippen LogP contribution in [0.5, 0.6) is 0 Å². The maximum absolute atomic E-state index is 10.5. The first-order chi connectivity index (χ1) is 7.99. The van der Waals surface area contributed by atoms with E-state index in [-0.39, 0.29) is 5.41 Å². The number of nitrogens with zero attached hydrogens (tertiary/aromatic N) is 4. The molecule has 0 bridgehead atoms. The lowest BCUT2D eigenvalue weighted by Crippen LogP contribution is -2.12. The highest BCUT2D eigenvalue weighted by Crippen LogP contribution is 2.24. The van der Waals surface area contributed by atoms with Crippen molar-refractivity contribution in [2.24, 2.45) is 0 Å². The summed E-state index contributed by atoms with van der Waals surface area (Å²) in [5, 5.41) is 10.6. The lowest BCUT2D eigenvalue weighted by atomic mass is 9.93. The first-order valence-electron chi connectivity index (χ1n) is 5.29. The van der Waals surface area contributed by atoms with Gasteiger partial charge in [-0.2, -0.15) is 0 Å². The molecule has 2 aromatic heterocycles. The fourth-order valence-corrected chi connectivity index (χ4v) is 2.32. The first-order valence-corrected chi connectivity index (χ1v) is 6.17. The highest BCUT2D eigenvalue weighted by atomic mass is 32.1. The molecule has 0 spiro atoms. The maximum atomic E-state index is 10.5. The van der Waals surface area contributed by atoms with E-state index < -0.39 is 0 Å². The summed E-state index contributed by atoms with van der Waals surface area (Å²) in [7, 11) is 0. The van der Waals surface area contributed by atoms with Crippen LogP contribution in [0.4, 0.5) is 0 Å². The Bertz CT molecular complexity index is 524. The average molecular weight is 250 g/mol. The molecule has 0 aliphatic heterocycles. The second-order valence-electron chi connectivity index (χ2n) is 4.84. The molecule has 0 unspecified atom stereocenters. The van der Waals surface area contributed by atoms with Crippen LogP contribution in [0.25, 0.3) is 0 Å². The molecule has 2 aromatic rings. The van der Waals surface area contributed by atoms with E-state index in [0.29, 0.717) is 18.5 Å². The van der Waals surface area contributed by atoms with Crippen molar-refractivity contribution in [1.29, 1.82) is 0 Å². The summed E-state index contributed by atoms with van der Waals surface area (Å²) >= 11 is 1.60. The summed E-state index contributed by atoms with van der Waals surface area (Å²) in [5.74, 6) is 0. The lowest BCUT2D eigenvalue weighted by Gasteiger charge is -2.14. The van der Waals surface area contributed by atoms with Crippen LogP contribution in [-0.4, -0.2) is 26.3 Å². The summed E-state index contributed by atoms with van der Waals surface area (Å²) in [4.78, 5) is 15.0. The molecule has 2 heterocycles. The van der Waals surface area contributed by atoms with Gasteiger partial charge in [-0.05, 0) is 0 Å². The molecule has 0 aromatic carbocycles. The molecule has 90 valence electrons. The number of rotatable bonds is 3. The van der Waals surface area contributed by atoms with Crippen LogP contribution in [-0.2, 0) is 12.0 Å². The Morgan fingerprint density at radius 3 is 2.76 bits per heavy atom. The van der Waals surface area contributed by atoms with Crippen molar-refractivity contribution < 1.29 is 4.79 Å².